The topological polar surface area (TPSA) is 21.3 Å². The van der Waals surface area contributed by atoms with Gasteiger partial charge in [0.15, 0.2) is 0 Å². The molecule has 0 heterocycles. The maximum atomic E-state index is 6.15. The van der Waals surface area contributed by atoms with E-state index in [4.69, 9.17) is 16.3 Å². The highest BCUT2D eigenvalue weighted by Gasteiger charge is 2.10. The Morgan fingerprint density at radius 1 is 1.20 bits per heavy atom. The third kappa shape index (κ3) is 3.53. The van der Waals surface area contributed by atoms with Gasteiger partial charge in [-0.05, 0) is 37.1 Å². The number of para-hydroxylation sites is 1. The van der Waals surface area contributed by atoms with Crippen LogP contribution < -0.4 is 10.1 Å². The normalized spacial score (nSPS) is 12.2. The summed E-state index contributed by atoms with van der Waals surface area (Å²) >= 11 is 6.15. The van der Waals surface area contributed by atoms with Crippen LogP contribution >= 0.6 is 11.6 Å². The Labute approximate surface area is 125 Å². The molecule has 0 amide bonds. The van der Waals surface area contributed by atoms with Gasteiger partial charge in [0.05, 0.1) is 7.11 Å². The fourth-order valence-electron chi connectivity index (χ4n) is 2.15. The van der Waals surface area contributed by atoms with Crippen LogP contribution in [0.15, 0.2) is 42.5 Å². The van der Waals surface area contributed by atoms with Gasteiger partial charge in [-0.25, -0.2) is 0 Å². The lowest BCUT2D eigenvalue weighted by molar-refractivity contribution is 0.401. The van der Waals surface area contributed by atoms with Crippen molar-refractivity contribution in [2.45, 2.75) is 26.4 Å². The average Bonchev–Trinajstić information content (AvgIpc) is 2.48. The summed E-state index contributed by atoms with van der Waals surface area (Å²) in [5.41, 5.74) is 3.45. The molecule has 0 aliphatic carbocycles. The number of nitrogens with one attached hydrogen (secondary N) is 1. The SMILES string of the molecule is COc1ccccc1[C@H](C)NCc1ccc(C)c(Cl)c1. The number of ether oxygens (including phenoxy) is 1. The summed E-state index contributed by atoms with van der Waals surface area (Å²) in [5.74, 6) is 0.912. The molecule has 0 unspecified atom stereocenters. The van der Waals surface area contributed by atoms with Crippen molar-refractivity contribution in [3.63, 3.8) is 0 Å². The van der Waals surface area contributed by atoms with E-state index in [1.54, 1.807) is 7.11 Å². The lowest BCUT2D eigenvalue weighted by Gasteiger charge is -2.17. The first-order valence-electron chi connectivity index (χ1n) is 6.73. The molecule has 2 rings (SSSR count). The molecule has 0 fully saturated rings. The molecular formula is C17H20ClNO. The highest BCUT2D eigenvalue weighted by atomic mass is 35.5. The van der Waals surface area contributed by atoms with E-state index in [0.29, 0.717) is 0 Å². The van der Waals surface area contributed by atoms with Gasteiger partial charge in [0.1, 0.15) is 5.75 Å². The van der Waals surface area contributed by atoms with E-state index in [1.807, 2.05) is 37.3 Å². The molecule has 0 saturated heterocycles. The maximum absolute atomic E-state index is 6.15. The number of benzene rings is 2. The van der Waals surface area contributed by atoms with Crippen LogP contribution in [0.1, 0.15) is 29.7 Å². The molecule has 3 heteroatoms. The van der Waals surface area contributed by atoms with E-state index in [-0.39, 0.29) is 6.04 Å². The third-order valence-corrected chi connectivity index (χ3v) is 3.86. The molecule has 0 spiro atoms. The number of methoxy groups -OCH3 is 1. The fraction of sp³-hybridized carbons (Fsp3) is 0.294. The van der Waals surface area contributed by atoms with Crippen LogP contribution in [-0.4, -0.2) is 7.11 Å². The molecule has 0 aromatic heterocycles. The summed E-state index contributed by atoms with van der Waals surface area (Å²) in [6.07, 6.45) is 0. The average molecular weight is 290 g/mol. The first-order valence-corrected chi connectivity index (χ1v) is 7.11. The van der Waals surface area contributed by atoms with Crippen molar-refractivity contribution in [1.82, 2.24) is 5.32 Å². The van der Waals surface area contributed by atoms with E-state index in [1.165, 1.54) is 5.56 Å². The molecule has 2 nitrogen and oxygen atoms in total. The second-order valence-corrected chi connectivity index (χ2v) is 5.34. The first kappa shape index (κ1) is 14.9. The van der Waals surface area contributed by atoms with Gasteiger partial charge in [-0.15, -0.1) is 0 Å². The minimum Gasteiger partial charge on any atom is -0.496 e. The van der Waals surface area contributed by atoms with Crippen molar-refractivity contribution >= 4 is 11.6 Å². The molecule has 0 radical (unpaired) electrons. The van der Waals surface area contributed by atoms with Crippen LogP contribution in [0.4, 0.5) is 0 Å². The van der Waals surface area contributed by atoms with Crippen molar-refractivity contribution < 1.29 is 4.74 Å². The van der Waals surface area contributed by atoms with Gasteiger partial charge >= 0.3 is 0 Å². The Kier molecular flexibility index (Phi) is 5.05. The second-order valence-electron chi connectivity index (χ2n) is 4.93. The molecule has 20 heavy (non-hydrogen) atoms. The lowest BCUT2D eigenvalue weighted by Crippen LogP contribution is -2.18. The second kappa shape index (κ2) is 6.78. The summed E-state index contributed by atoms with van der Waals surface area (Å²) in [6, 6.07) is 14.4. The minimum atomic E-state index is 0.214. The number of hydrogen-bond donors (Lipinski definition) is 1. The van der Waals surface area contributed by atoms with E-state index in [2.05, 4.69) is 24.4 Å². The van der Waals surface area contributed by atoms with E-state index >= 15 is 0 Å². The summed E-state index contributed by atoms with van der Waals surface area (Å²) in [6.45, 7) is 4.92. The Balaban J connectivity index is 2.04. The zero-order valence-corrected chi connectivity index (χ0v) is 12.9. The number of halogens is 1. The quantitative estimate of drug-likeness (QED) is 0.874. The zero-order valence-electron chi connectivity index (χ0n) is 12.1. The molecule has 0 saturated carbocycles. The summed E-state index contributed by atoms with van der Waals surface area (Å²) in [4.78, 5) is 0. The van der Waals surface area contributed by atoms with Crippen LogP contribution in [0, 0.1) is 6.92 Å². The maximum Gasteiger partial charge on any atom is 0.123 e. The first-order chi connectivity index (χ1) is 9.61. The van der Waals surface area contributed by atoms with Crippen LogP contribution in [0.3, 0.4) is 0 Å². The lowest BCUT2D eigenvalue weighted by atomic mass is 10.1. The van der Waals surface area contributed by atoms with Gasteiger partial charge in [0.2, 0.25) is 0 Å². The third-order valence-electron chi connectivity index (χ3n) is 3.45. The summed E-state index contributed by atoms with van der Waals surface area (Å²) in [5, 5.41) is 4.31. The Bertz CT molecular complexity index is 583. The zero-order chi connectivity index (χ0) is 14.5. The van der Waals surface area contributed by atoms with Gasteiger partial charge in [-0.1, -0.05) is 41.9 Å². The smallest absolute Gasteiger partial charge is 0.123 e. The van der Waals surface area contributed by atoms with E-state index in [0.717, 1.165) is 28.4 Å². The Morgan fingerprint density at radius 3 is 2.65 bits per heavy atom. The van der Waals surface area contributed by atoms with E-state index in [9.17, 15) is 0 Å². The number of hydrogen-bond acceptors (Lipinski definition) is 2. The van der Waals surface area contributed by atoms with E-state index < -0.39 is 0 Å². The predicted octanol–water partition coefficient (Wildman–Crippen LogP) is 4.51. The monoisotopic (exact) mass is 289 g/mol. The van der Waals surface area contributed by atoms with Crippen molar-refractivity contribution in [2.75, 3.05) is 7.11 Å². The molecule has 106 valence electrons. The van der Waals surface area contributed by atoms with Crippen LogP contribution in [0.5, 0.6) is 5.75 Å². The Hall–Kier alpha value is -1.51. The highest BCUT2D eigenvalue weighted by molar-refractivity contribution is 6.31. The molecular weight excluding hydrogens is 270 g/mol. The molecule has 0 aliphatic heterocycles. The molecule has 0 bridgehead atoms. The van der Waals surface area contributed by atoms with Gasteiger partial charge in [-0.3, -0.25) is 0 Å². The highest BCUT2D eigenvalue weighted by Crippen LogP contribution is 2.25. The van der Waals surface area contributed by atoms with Crippen LogP contribution in [-0.2, 0) is 6.54 Å². The summed E-state index contributed by atoms with van der Waals surface area (Å²) < 4.78 is 5.39. The standard InChI is InChI=1S/C17H20ClNO/c1-12-8-9-14(10-16(12)18)11-19-13(2)15-6-4-5-7-17(15)20-3/h4-10,13,19H,11H2,1-3H3/t13-/m0/s1. The number of aryl methyl sites for hydroxylation is 1. The van der Waals surface area contributed by atoms with Crippen LogP contribution in [0.25, 0.3) is 0 Å². The fourth-order valence-corrected chi connectivity index (χ4v) is 2.35. The van der Waals surface area contributed by atoms with Crippen LogP contribution in [0.2, 0.25) is 5.02 Å². The van der Waals surface area contributed by atoms with Crippen molar-refractivity contribution in [3.05, 3.63) is 64.2 Å². The molecule has 1 atom stereocenters. The largest absolute Gasteiger partial charge is 0.496 e. The van der Waals surface area contributed by atoms with Crippen molar-refractivity contribution in [3.8, 4) is 5.75 Å². The number of rotatable bonds is 5. The molecule has 1 N–H and O–H groups in total. The van der Waals surface area contributed by atoms with Gasteiger partial charge < -0.3 is 10.1 Å². The predicted molar refractivity (Wildman–Crippen MR) is 84.4 cm³/mol. The minimum absolute atomic E-state index is 0.214. The van der Waals surface area contributed by atoms with Crippen molar-refractivity contribution in [1.29, 1.82) is 0 Å². The van der Waals surface area contributed by atoms with Gasteiger partial charge in [0.25, 0.3) is 0 Å². The molecule has 2 aromatic rings. The van der Waals surface area contributed by atoms with Gasteiger partial charge in [0, 0.05) is 23.2 Å². The molecule has 0 aliphatic rings. The molecule has 2 aromatic carbocycles. The van der Waals surface area contributed by atoms with Gasteiger partial charge in [-0.2, -0.15) is 0 Å². The Morgan fingerprint density at radius 2 is 1.95 bits per heavy atom. The van der Waals surface area contributed by atoms with Crippen molar-refractivity contribution in [2.24, 2.45) is 0 Å². The summed E-state index contributed by atoms with van der Waals surface area (Å²) in [7, 11) is 1.70.